The Balaban J connectivity index is 1.64. The van der Waals surface area contributed by atoms with E-state index in [4.69, 9.17) is 0 Å². The van der Waals surface area contributed by atoms with Crippen molar-refractivity contribution in [2.45, 2.75) is 25.3 Å². The zero-order chi connectivity index (χ0) is 16.7. The normalized spacial score (nSPS) is 14.0. The summed E-state index contributed by atoms with van der Waals surface area (Å²) in [6.07, 6.45) is 7.03. The highest BCUT2D eigenvalue weighted by Gasteiger charge is 2.24. The topological polar surface area (TPSA) is 70.7 Å². The number of aromatic nitrogens is 3. The van der Waals surface area contributed by atoms with E-state index in [0.29, 0.717) is 21.9 Å². The number of nitrogens with zero attached hydrogens (tertiary/aromatic N) is 4. The Hall–Kier alpha value is -2.41. The van der Waals surface area contributed by atoms with Crippen LogP contribution in [0.3, 0.4) is 0 Å². The number of pyridine rings is 2. The first-order valence-electron chi connectivity index (χ1n) is 7.70. The first-order chi connectivity index (χ1) is 11.6. The molecule has 1 N–H and O–H groups in total. The third-order valence-corrected chi connectivity index (χ3v) is 4.58. The highest BCUT2D eigenvalue weighted by atomic mass is 79.9. The van der Waals surface area contributed by atoms with Crippen LogP contribution in [0.5, 0.6) is 0 Å². The maximum atomic E-state index is 11.6. The summed E-state index contributed by atoms with van der Waals surface area (Å²) in [5.41, 5.74) is 3.41. The molecule has 24 heavy (non-hydrogen) atoms. The molecule has 0 unspecified atom stereocenters. The number of hydrogen-bond donors (Lipinski definition) is 1. The summed E-state index contributed by atoms with van der Waals surface area (Å²) in [5.74, 6) is 0.671. The largest absolute Gasteiger partial charge is 0.465 e. The minimum absolute atomic E-state index is 0.187. The molecule has 0 atom stereocenters. The van der Waals surface area contributed by atoms with Crippen LogP contribution in [-0.4, -0.2) is 25.6 Å². The van der Waals surface area contributed by atoms with Gasteiger partial charge in [-0.3, -0.25) is 4.90 Å². The first kappa shape index (κ1) is 15.1. The molecular weight excluding hydrogens is 372 g/mol. The number of fused-ring (bicyclic) bond motifs is 1. The van der Waals surface area contributed by atoms with Gasteiger partial charge in [0.15, 0.2) is 0 Å². The van der Waals surface area contributed by atoms with Gasteiger partial charge in [0.2, 0.25) is 0 Å². The Bertz CT molecular complexity index is 920. The average molecular weight is 387 g/mol. The Labute approximate surface area is 146 Å². The van der Waals surface area contributed by atoms with Crippen LogP contribution in [0.25, 0.3) is 5.65 Å². The molecule has 3 aromatic rings. The summed E-state index contributed by atoms with van der Waals surface area (Å²) in [6, 6.07) is 7.44. The fourth-order valence-electron chi connectivity index (χ4n) is 2.79. The van der Waals surface area contributed by atoms with E-state index in [1.807, 2.05) is 16.7 Å². The third-order valence-electron chi connectivity index (χ3n) is 4.15. The summed E-state index contributed by atoms with van der Waals surface area (Å²) >= 11 is 3.27. The van der Waals surface area contributed by atoms with Gasteiger partial charge in [0, 0.05) is 18.6 Å². The van der Waals surface area contributed by atoms with E-state index in [1.54, 1.807) is 18.3 Å². The number of carbonyl (C=O) groups is 1. The van der Waals surface area contributed by atoms with Gasteiger partial charge in [-0.2, -0.15) is 0 Å². The Morgan fingerprint density at radius 1 is 1.33 bits per heavy atom. The molecule has 0 aromatic carbocycles. The third kappa shape index (κ3) is 2.99. The molecule has 7 heteroatoms. The smallest absolute Gasteiger partial charge is 0.412 e. The molecule has 0 spiro atoms. The predicted octanol–water partition coefficient (Wildman–Crippen LogP) is 4.05. The maximum absolute atomic E-state index is 11.6. The molecule has 1 aliphatic rings. The molecule has 4 rings (SSSR count). The predicted molar refractivity (Wildman–Crippen MR) is 93.3 cm³/mol. The molecule has 1 fully saturated rings. The van der Waals surface area contributed by atoms with Gasteiger partial charge in [-0.1, -0.05) is 6.07 Å². The standard InChI is InChI=1S/C17H15BrN4O2/c18-15-7-14(5-6-19-15)22(17(23)24)10-13-9-21-8-12(11-1-2-11)3-4-16(21)20-13/h3-9,11H,1-2,10H2,(H,23,24). The monoisotopic (exact) mass is 386 g/mol. The van der Waals surface area contributed by atoms with Gasteiger partial charge in [-0.05, 0) is 58.5 Å². The van der Waals surface area contributed by atoms with Crippen LogP contribution in [0.4, 0.5) is 10.5 Å². The number of anilines is 1. The number of carboxylic acid groups (broad SMARTS) is 1. The van der Waals surface area contributed by atoms with Gasteiger partial charge in [0.05, 0.1) is 17.9 Å². The van der Waals surface area contributed by atoms with Gasteiger partial charge < -0.3 is 9.51 Å². The fourth-order valence-corrected chi connectivity index (χ4v) is 3.14. The van der Waals surface area contributed by atoms with Crippen LogP contribution in [0.15, 0.2) is 47.5 Å². The second kappa shape index (κ2) is 5.90. The number of hydrogen-bond acceptors (Lipinski definition) is 3. The Morgan fingerprint density at radius 3 is 2.88 bits per heavy atom. The second-order valence-corrected chi connectivity index (χ2v) is 6.75. The first-order valence-corrected chi connectivity index (χ1v) is 8.49. The molecule has 0 radical (unpaired) electrons. The highest BCUT2D eigenvalue weighted by molar-refractivity contribution is 9.10. The number of rotatable bonds is 4. The van der Waals surface area contributed by atoms with Crippen LogP contribution < -0.4 is 4.90 Å². The summed E-state index contributed by atoms with van der Waals surface area (Å²) in [4.78, 5) is 21.5. The summed E-state index contributed by atoms with van der Waals surface area (Å²) in [5, 5.41) is 9.53. The van der Waals surface area contributed by atoms with E-state index in [-0.39, 0.29) is 6.54 Å². The van der Waals surface area contributed by atoms with Crippen LogP contribution in [-0.2, 0) is 6.54 Å². The van der Waals surface area contributed by atoms with Crippen molar-refractivity contribution >= 4 is 33.4 Å². The number of halogens is 1. The quantitative estimate of drug-likeness (QED) is 0.686. The molecular formula is C17H15BrN4O2. The van der Waals surface area contributed by atoms with E-state index in [2.05, 4.69) is 38.2 Å². The van der Waals surface area contributed by atoms with Crippen molar-refractivity contribution < 1.29 is 9.90 Å². The van der Waals surface area contributed by atoms with Crippen LogP contribution in [0, 0.1) is 0 Å². The molecule has 1 amide bonds. The molecule has 1 aliphatic carbocycles. The minimum Gasteiger partial charge on any atom is -0.465 e. The maximum Gasteiger partial charge on any atom is 0.412 e. The summed E-state index contributed by atoms with van der Waals surface area (Å²) < 4.78 is 2.57. The Morgan fingerprint density at radius 2 is 2.17 bits per heavy atom. The lowest BCUT2D eigenvalue weighted by Crippen LogP contribution is -2.28. The molecule has 122 valence electrons. The van der Waals surface area contributed by atoms with Crippen LogP contribution in [0.1, 0.15) is 30.0 Å². The van der Waals surface area contributed by atoms with E-state index in [0.717, 1.165) is 5.65 Å². The second-order valence-electron chi connectivity index (χ2n) is 5.94. The van der Waals surface area contributed by atoms with Gasteiger partial charge in [0.25, 0.3) is 0 Å². The van der Waals surface area contributed by atoms with Gasteiger partial charge in [-0.25, -0.2) is 14.8 Å². The van der Waals surface area contributed by atoms with Crippen molar-refractivity contribution in [3.8, 4) is 0 Å². The molecule has 0 saturated heterocycles. The zero-order valence-electron chi connectivity index (χ0n) is 12.8. The van der Waals surface area contributed by atoms with Crippen LogP contribution in [0.2, 0.25) is 0 Å². The zero-order valence-corrected chi connectivity index (χ0v) is 14.3. The fraction of sp³-hybridized carbons (Fsp3) is 0.235. The molecule has 6 nitrogen and oxygen atoms in total. The lowest BCUT2D eigenvalue weighted by atomic mass is 10.2. The number of amides is 1. The van der Waals surface area contributed by atoms with Crippen molar-refractivity contribution in [2.24, 2.45) is 0 Å². The van der Waals surface area contributed by atoms with E-state index < -0.39 is 6.09 Å². The van der Waals surface area contributed by atoms with Crippen LogP contribution >= 0.6 is 15.9 Å². The van der Waals surface area contributed by atoms with E-state index >= 15 is 0 Å². The van der Waals surface area contributed by atoms with Gasteiger partial charge in [0.1, 0.15) is 10.3 Å². The highest BCUT2D eigenvalue weighted by Crippen LogP contribution is 2.39. The number of imidazole rings is 1. The van der Waals surface area contributed by atoms with Crippen molar-refractivity contribution in [3.63, 3.8) is 0 Å². The van der Waals surface area contributed by atoms with Gasteiger partial charge in [-0.15, -0.1) is 0 Å². The Kier molecular flexibility index (Phi) is 3.72. The lowest BCUT2D eigenvalue weighted by Gasteiger charge is -2.18. The summed E-state index contributed by atoms with van der Waals surface area (Å²) in [6.45, 7) is 0.187. The molecule has 3 heterocycles. The molecule has 0 bridgehead atoms. The van der Waals surface area contributed by atoms with Crippen molar-refractivity contribution in [2.75, 3.05) is 4.90 Å². The van der Waals surface area contributed by atoms with Crippen molar-refractivity contribution in [1.82, 2.24) is 14.4 Å². The van der Waals surface area contributed by atoms with E-state index in [9.17, 15) is 9.90 Å². The SMILES string of the molecule is O=C(O)N(Cc1cn2cc(C3CC3)ccc2n1)c1ccnc(Br)c1. The molecule has 0 aliphatic heterocycles. The minimum atomic E-state index is -1.02. The molecule has 1 saturated carbocycles. The average Bonchev–Trinajstić information content (AvgIpc) is 3.32. The molecule has 3 aromatic heterocycles. The van der Waals surface area contributed by atoms with Crippen molar-refractivity contribution in [1.29, 1.82) is 0 Å². The lowest BCUT2D eigenvalue weighted by molar-refractivity contribution is 0.201. The van der Waals surface area contributed by atoms with Crippen molar-refractivity contribution in [3.05, 3.63) is 58.7 Å². The van der Waals surface area contributed by atoms with Gasteiger partial charge >= 0.3 is 6.09 Å². The van der Waals surface area contributed by atoms with E-state index in [1.165, 1.54) is 23.3 Å². The summed E-state index contributed by atoms with van der Waals surface area (Å²) in [7, 11) is 0.